The van der Waals surface area contributed by atoms with Gasteiger partial charge >= 0.3 is 0 Å². The average Bonchev–Trinajstić information content (AvgIpc) is 2.36. The van der Waals surface area contributed by atoms with E-state index in [1.807, 2.05) is 6.92 Å². The zero-order valence-corrected chi connectivity index (χ0v) is 9.98. The molecule has 0 radical (unpaired) electrons. The van der Waals surface area contributed by atoms with Crippen LogP contribution in [0.3, 0.4) is 0 Å². The van der Waals surface area contributed by atoms with Gasteiger partial charge in [-0.15, -0.1) is 0 Å². The van der Waals surface area contributed by atoms with Gasteiger partial charge in [-0.3, -0.25) is 0 Å². The minimum absolute atomic E-state index is 0.339. The Morgan fingerprint density at radius 1 is 1.28 bits per heavy atom. The Morgan fingerprint density at radius 2 is 2.06 bits per heavy atom. The number of rotatable bonds is 4. The van der Waals surface area contributed by atoms with Crippen LogP contribution in [0.2, 0.25) is 0 Å². The van der Waals surface area contributed by atoms with E-state index < -0.39 is 0 Å². The van der Waals surface area contributed by atoms with Crippen molar-refractivity contribution in [3.8, 4) is 5.88 Å². The molecule has 4 nitrogen and oxygen atoms in total. The van der Waals surface area contributed by atoms with Gasteiger partial charge < -0.3 is 15.8 Å². The van der Waals surface area contributed by atoms with E-state index in [2.05, 4.69) is 10.3 Å². The Bertz CT molecular complexity index is 546. The first-order valence-electron chi connectivity index (χ1n) is 5.61. The molecule has 5 heteroatoms. The number of nitrogens with two attached hydrogens (primary N) is 1. The Labute approximate surface area is 105 Å². The number of nitrogen functional groups attached to an aromatic ring is 1. The van der Waals surface area contributed by atoms with Crippen LogP contribution < -0.4 is 15.8 Å². The molecule has 0 aliphatic carbocycles. The maximum atomic E-state index is 13.5. The standard InChI is InChI=1S/C13H14FN3O/c1-2-18-13-10(15)7-8-12(17-13)16-11-6-4-3-5-9(11)14/h3-8H,2,15H2,1H3,(H,16,17). The first-order chi connectivity index (χ1) is 8.70. The minimum atomic E-state index is -0.339. The molecule has 0 bridgehead atoms. The van der Waals surface area contributed by atoms with Crippen molar-refractivity contribution in [2.24, 2.45) is 0 Å². The number of benzene rings is 1. The second-order valence-corrected chi connectivity index (χ2v) is 3.63. The smallest absolute Gasteiger partial charge is 0.239 e. The highest BCUT2D eigenvalue weighted by Gasteiger charge is 2.06. The molecular formula is C13H14FN3O. The van der Waals surface area contributed by atoms with Crippen molar-refractivity contribution in [2.75, 3.05) is 17.7 Å². The molecule has 1 heterocycles. The van der Waals surface area contributed by atoms with E-state index in [0.29, 0.717) is 29.7 Å². The molecule has 0 fully saturated rings. The average molecular weight is 247 g/mol. The normalized spacial score (nSPS) is 10.1. The monoisotopic (exact) mass is 247 g/mol. The predicted octanol–water partition coefficient (Wildman–Crippen LogP) is 2.95. The number of aromatic nitrogens is 1. The lowest BCUT2D eigenvalue weighted by Gasteiger charge is -2.10. The molecule has 3 N–H and O–H groups in total. The number of anilines is 3. The molecule has 0 aliphatic heterocycles. The summed E-state index contributed by atoms with van der Waals surface area (Å²) >= 11 is 0. The number of ether oxygens (including phenoxy) is 1. The zero-order chi connectivity index (χ0) is 13.0. The van der Waals surface area contributed by atoms with Gasteiger partial charge in [0, 0.05) is 0 Å². The van der Waals surface area contributed by atoms with Crippen molar-refractivity contribution in [3.63, 3.8) is 0 Å². The van der Waals surface area contributed by atoms with Crippen LogP contribution in [0.4, 0.5) is 21.6 Å². The predicted molar refractivity (Wildman–Crippen MR) is 69.5 cm³/mol. The van der Waals surface area contributed by atoms with Crippen molar-refractivity contribution in [1.29, 1.82) is 0 Å². The molecule has 0 atom stereocenters. The molecule has 1 aromatic carbocycles. The molecule has 0 saturated carbocycles. The SMILES string of the molecule is CCOc1nc(Nc2ccccc2F)ccc1N. The molecule has 1 aromatic heterocycles. The number of nitrogens with one attached hydrogen (secondary N) is 1. The topological polar surface area (TPSA) is 60.2 Å². The lowest BCUT2D eigenvalue weighted by atomic mass is 10.3. The summed E-state index contributed by atoms with van der Waals surface area (Å²) < 4.78 is 18.7. The summed E-state index contributed by atoms with van der Waals surface area (Å²) in [7, 11) is 0. The third kappa shape index (κ3) is 2.68. The van der Waals surface area contributed by atoms with Crippen molar-refractivity contribution in [3.05, 3.63) is 42.2 Å². The first-order valence-corrected chi connectivity index (χ1v) is 5.61. The van der Waals surface area contributed by atoms with Gasteiger partial charge in [0.25, 0.3) is 0 Å². The third-order valence-electron chi connectivity index (χ3n) is 2.31. The van der Waals surface area contributed by atoms with Crippen LogP contribution in [0, 0.1) is 5.82 Å². The maximum absolute atomic E-state index is 13.5. The van der Waals surface area contributed by atoms with Gasteiger partial charge in [-0.05, 0) is 31.2 Å². The lowest BCUT2D eigenvalue weighted by molar-refractivity contribution is 0.329. The number of hydrogen-bond acceptors (Lipinski definition) is 4. The van der Waals surface area contributed by atoms with E-state index in [4.69, 9.17) is 10.5 Å². The highest BCUT2D eigenvalue weighted by molar-refractivity contribution is 5.60. The van der Waals surface area contributed by atoms with Crippen LogP contribution in [0.1, 0.15) is 6.92 Å². The quantitative estimate of drug-likeness (QED) is 0.872. The van der Waals surface area contributed by atoms with Gasteiger partial charge in [0.05, 0.1) is 18.0 Å². The lowest BCUT2D eigenvalue weighted by Crippen LogP contribution is -2.02. The van der Waals surface area contributed by atoms with Gasteiger partial charge in [-0.1, -0.05) is 12.1 Å². The first kappa shape index (κ1) is 12.2. The van der Waals surface area contributed by atoms with Crippen molar-refractivity contribution < 1.29 is 9.13 Å². The Morgan fingerprint density at radius 3 is 2.78 bits per heavy atom. The van der Waals surface area contributed by atoms with E-state index in [9.17, 15) is 4.39 Å². The van der Waals surface area contributed by atoms with Crippen LogP contribution >= 0.6 is 0 Å². The molecule has 0 amide bonds. The summed E-state index contributed by atoms with van der Waals surface area (Å²) in [5, 5.41) is 2.88. The van der Waals surface area contributed by atoms with Crippen molar-refractivity contribution in [1.82, 2.24) is 4.98 Å². The highest BCUT2D eigenvalue weighted by Crippen LogP contribution is 2.24. The minimum Gasteiger partial charge on any atom is -0.476 e. The van der Waals surface area contributed by atoms with Gasteiger partial charge in [-0.2, -0.15) is 4.98 Å². The fourth-order valence-electron chi connectivity index (χ4n) is 1.47. The largest absolute Gasteiger partial charge is 0.476 e. The van der Waals surface area contributed by atoms with E-state index >= 15 is 0 Å². The van der Waals surface area contributed by atoms with Crippen LogP contribution in [0.25, 0.3) is 0 Å². The summed E-state index contributed by atoms with van der Waals surface area (Å²) in [6.07, 6.45) is 0. The number of hydrogen-bond donors (Lipinski definition) is 2. The van der Waals surface area contributed by atoms with Crippen LogP contribution in [0.5, 0.6) is 5.88 Å². The zero-order valence-electron chi connectivity index (χ0n) is 9.98. The van der Waals surface area contributed by atoms with Gasteiger partial charge in [0.2, 0.25) is 5.88 Å². The van der Waals surface area contributed by atoms with Crippen LogP contribution in [-0.2, 0) is 0 Å². The van der Waals surface area contributed by atoms with Crippen molar-refractivity contribution >= 4 is 17.2 Å². The molecule has 0 saturated heterocycles. The Balaban J connectivity index is 2.24. The summed E-state index contributed by atoms with van der Waals surface area (Å²) in [4.78, 5) is 4.17. The summed E-state index contributed by atoms with van der Waals surface area (Å²) in [6.45, 7) is 2.32. The van der Waals surface area contributed by atoms with Crippen LogP contribution in [-0.4, -0.2) is 11.6 Å². The Kier molecular flexibility index (Phi) is 3.62. The molecule has 18 heavy (non-hydrogen) atoms. The highest BCUT2D eigenvalue weighted by atomic mass is 19.1. The van der Waals surface area contributed by atoms with Gasteiger partial charge in [-0.25, -0.2) is 4.39 Å². The number of pyridine rings is 1. The second kappa shape index (κ2) is 5.35. The molecule has 2 rings (SSSR count). The van der Waals surface area contributed by atoms with E-state index in [1.165, 1.54) is 6.07 Å². The van der Waals surface area contributed by atoms with Crippen LogP contribution in [0.15, 0.2) is 36.4 Å². The summed E-state index contributed by atoms with van der Waals surface area (Å²) in [5.74, 6) is 0.491. The van der Waals surface area contributed by atoms with Gasteiger partial charge in [0.1, 0.15) is 11.6 Å². The molecule has 0 aliphatic rings. The second-order valence-electron chi connectivity index (χ2n) is 3.63. The molecule has 94 valence electrons. The molecule has 0 unspecified atom stereocenters. The molecular weight excluding hydrogens is 233 g/mol. The summed E-state index contributed by atoms with van der Waals surface area (Å²) in [6, 6.07) is 9.72. The van der Waals surface area contributed by atoms with E-state index in [-0.39, 0.29) is 5.82 Å². The molecule has 2 aromatic rings. The van der Waals surface area contributed by atoms with Crippen molar-refractivity contribution in [2.45, 2.75) is 6.92 Å². The van der Waals surface area contributed by atoms with Gasteiger partial charge in [0.15, 0.2) is 0 Å². The molecule has 0 spiro atoms. The number of para-hydroxylation sites is 1. The fourth-order valence-corrected chi connectivity index (χ4v) is 1.47. The maximum Gasteiger partial charge on any atom is 0.239 e. The van der Waals surface area contributed by atoms with E-state index in [1.54, 1.807) is 30.3 Å². The summed E-state index contributed by atoms with van der Waals surface area (Å²) in [5.41, 5.74) is 6.52. The van der Waals surface area contributed by atoms with E-state index in [0.717, 1.165) is 0 Å². The number of nitrogens with zero attached hydrogens (tertiary/aromatic N) is 1. The Hall–Kier alpha value is -2.30. The number of halogens is 1. The third-order valence-corrected chi connectivity index (χ3v) is 2.31. The fraction of sp³-hybridized carbons (Fsp3) is 0.154.